The van der Waals surface area contributed by atoms with Crippen molar-refractivity contribution in [2.45, 2.75) is 30.0 Å². The van der Waals surface area contributed by atoms with Crippen LogP contribution in [0.4, 0.5) is 0 Å². The molecule has 3 nitrogen and oxygen atoms in total. The van der Waals surface area contributed by atoms with Gasteiger partial charge in [0.25, 0.3) is 0 Å². The molecule has 0 aliphatic carbocycles. The Morgan fingerprint density at radius 3 is 2.59 bits per heavy atom. The number of aryl methyl sites for hydroxylation is 3. The van der Waals surface area contributed by atoms with Crippen LogP contribution in [0.1, 0.15) is 22.6 Å². The number of aromatic nitrogens is 2. The summed E-state index contributed by atoms with van der Waals surface area (Å²) in [5.41, 5.74) is 3.37. The summed E-state index contributed by atoms with van der Waals surface area (Å²) in [6.45, 7) is 5.77. The van der Waals surface area contributed by atoms with E-state index < -0.39 is 0 Å². The Labute approximate surface area is 109 Å². The van der Waals surface area contributed by atoms with Crippen molar-refractivity contribution in [2.75, 3.05) is 0 Å². The predicted molar refractivity (Wildman–Crippen MR) is 69.4 cm³/mol. The number of rotatable bonds is 2. The van der Waals surface area contributed by atoms with Crippen LogP contribution in [0.2, 0.25) is 0 Å². The highest BCUT2D eigenvalue weighted by molar-refractivity contribution is 8.01. The van der Waals surface area contributed by atoms with Crippen molar-refractivity contribution in [3.05, 3.63) is 34.1 Å². The van der Waals surface area contributed by atoms with Crippen LogP contribution in [0.5, 0.6) is 0 Å². The summed E-state index contributed by atoms with van der Waals surface area (Å²) >= 11 is 3.13. The van der Waals surface area contributed by atoms with E-state index >= 15 is 0 Å². The third-order valence-electron chi connectivity index (χ3n) is 2.20. The van der Waals surface area contributed by atoms with Crippen molar-refractivity contribution in [1.29, 1.82) is 5.26 Å². The van der Waals surface area contributed by atoms with Crippen molar-refractivity contribution in [2.24, 2.45) is 0 Å². The first-order valence-corrected chi connectivity index (χ1v) is 6.78. The highest BCUT2D eigenvalue weighted by Gasteiger charge is 2.11. The first kappa shape index (κ1) is 12.1. The molecule has 2 aromatic heterocycles. The summed E-state index contributed by atoms with van der Waals surface area (Å²) in [7, 11) is 0. The highest BCUT2D eigenvalue weighted by Crippen LogP contribution is 2.33. The molecule has 0 atom stereocenters. The zero-order valence-electron chi connectivity index (χ0n) is 9.81. The number of hydrogen-bond acceptors (Lipinski definition) is 5. The van der Waals surface area contributed by atoms with Gasteiger partial charge in [0.05, 0.1) is 11.3 Å². The summed E-state index contributed by atoms with van der Waals surface area (Å²) in [5, 5.41) is 11.2. The first-order chi connectivity index (χ1) is 8.10. The van der Waals surface area contributed by atoms with E-state index in [1.54, 1.807) is 11.3 Å². The minimum atomic E-state index is 0.647. The fourth-order valence-corrected chi connectivity index (χ4v) is 3.51. The number of pyridine rings is 1. The molecule has 17 heavy (non-hydrogen) atoms. The maximum atomic E-state index is 9.15. The van der Waals surface area contributed by atoms with E-state index in [2.05, 4.69) is 16.0 Å². The van der Waals surface area contributed by atoms with Gasteiger partial charge in [-0.15, -0.1) is 11.3 Å². The Balaban J connectivity index is 2.42. The molecule has 0 unspecified atom stereocenters. The zero-order valence-corrected chi connectivity index (χ0v) is 11.4. The van der Waals surface area contributed by atoms with E-state index in [0.717, 1.165) is 26.3 Å². The molecule has 0 saturated heterocycles. The van der Waals surface area contributed by atoms with Crippen LogP contribution in [0.3, 0.4) is 0 Å². The molecule has 86 valence electrons. The number of nitriles is 1. The standard InChI is InChI=1S/C12H11N3S2/c1-7-4-11(10(5-13)9(3)14-7)17-12-15-8(2)6-16-12/h4,6H,1-3H3. The third kappa shape index (κ3) is 2.65. The predicted octanol–water partition coefficient (Wildman–Crippen LogP) is 3.49. The van der Waals surface area contributed by atoms with Crippen molar-refractivity contribution < 1.29 is 0 Å². The summed E-state index contributed by atoms with van der Waals surface area (Å²) < 4.78 is 0.962. The van der Waals surface area contributed by atoms with E-state index in [1.165, 1.54) is 11.8 Å². The Morgan fingerprint density at radius 1 is 1.24 bits per heavy atom. The Morgan fingerprint density at radius 2 is 2.00 bits per heavy atom. The Kier molecular flexibility index (Phi) is 3.46. The minimum absolute atomic E-state index is 0.647. The maximum absolute atomic E-state index is 9.15. The van der Waals surface area contributed by atoms with Gasteiger partial charge in [-0.3, -0.25) is 4.98 Å². The molecule has 2 aromatic rings. The second-order valence-electron chi connectivity index (χ2n) is 3.69. The molecule has 0 aromatic carbocycles. The van der Waals surface area contributed by atoms with Crippen LogP contribution >= 0.6 is 23.1 Å². The highest BCUT2D eigenvalue weighted by atomic mass is 32.2. The lowest BCUT2D eigenvalue weighted by Gasteiger charge is -2.05. The fraction of sp³-hybridized carbons (Fsp3) is 0.250. The van der Waals surface area contributed by atoms with Crippen molar-refractivity contribution >= 4 is 23.1 Å². The maximum Gasteiger partial charge on any atom is 0.154 e. The summed E-state index contributed by atoms with van der Waals surface area (Å²) in [4.78, 5) is 9.63. The van der Waals surface area contributed by atoms with Gasteiger partial charge in [-0.25, -0.2) is 4.98 Å². The van der Waals surface area contributed by atoms with Gasteiger partial charge in [-0.05, 0) is 26.8 Å². The summed E-state index contributed by atoms with van der Waals surface area (Å²) in [6.07, 6.45) is 0. The van der Waals surface area contributed by atoms with E-state index in [-0.39, 0.29) is 0 Å². The Bertz CT molecular complexity index is 596. The number of nitrogens with zero attached hydrogens (tertiary/aromatic N) is 3. The van der Waals surface area contributed by atoms with Gasteiger partial charge >= 0.3 is 0 Å². The van der Waals surface area contributed by atoms with Gasteiger partial charge in [0.2, 0.25) is 0 Å². The third-order valence-corrected chi connectivity index (χ3v) is 4.30. The smallest absolute Gasteiger partial charge is 0.154 e. The molecule has 5 heteroatoms. The van der Waals surface area contributed by atoms with Gasteiger partial charge in [0.15, 0.2) is 4.34 Å². The van der Waals surface area contributed by atoms with Crippen molar-refractivity contribution in [3.8, 4) is 6.07 Å². The molecule has 0 spiro atoms. The van der Waals surface area contributed by atoms with Crippen LogP contribution < -0.4 is 0 Å². The molecule has 0 amide bonds. The van der Waals surface area contributed by atoms with Gasteiger partial charge in [0, 0.05) is 21.7 Å². The first-order valence-electron chi connectivity index (χ1n) is 5.08. The fourth-order valence-electron chi connectivity index (χ4n) is 1.48. The van der Waals surface area contributed by atoms with Crippen molar-refractivity contribution in [3.63, 3.8) is 0 Å². The zero-order chi connectivity index (χ0) is 12.4. The molecule has 0 radical (unpaired) electrons. The van der Waals surface area contributed by atoms with Crippen LogP contribution in [-0.4, -0.2) is 9.97 Å². The average Bonchev–Trinajstić information content (AvgIpc) is 2.63. The normalized spacial score (nSPS) is 10.2. The SMILES string of the molecule is Cc1csc(Sc2cc(C)nc(C)c2C#N)n1. The van der Waals surface area contributed by atoms with Crippen molar-refractivity contribution in [1.82, 2.24) is 9.97 Å². The van der Waals surface area contributed by atoms with Gasteiger partial charge in [0.1, 0.15) is 6.07 Å². The van der Waals surface area contributed by atoms with Gasteiger partial charge < -0.3 is 0 Å². The topological polar surface area (TPSA) is 49.6 Å². The van der Waals surface area contributed by atoms with E-state index in [9.17, 15) is 0 Å². The molecular weight excluding hydrogens is 250 g/mol. The minimum Gasteiger partial charge on any atom is -0.257 e. The quantitative estimate of drug-likeness (QED) is 0.830. The van der Waals surface area contributed by atoms with Crippen LogP contribution in [-0.2, 0) is 0 Å². The van der Waals surface area contributed by atoms with Crippen LogP contribution in [0, 0.1) is 32.1 Å². The summed E-state index contributed by atoms with van der Waals surface area (Å²) in [6, 6.07) is 4.15. The number of thiazole rings is 1. The molecule has 2 heterocycles. The molecule has 0 bridgehead atoms. The second-order valence-corrected chi connectivity index (χ2v) is 5.84. The van der Waals surface area contributed by atoms with E-state index in [0.29, 0.717) is 5.56 Å². The molecule has 0 N–H and O–H groups in total. The molecular formula is C12H11N3S2. The molecule has 0 aliphatic heterocycles. The second kappa shape index (κ2) is 4.86. The van der Waals surface area contributed by atoms with Gasteiger partial charge in [-0.1, -0.05) is 11.8 Å². The van der Waals surface area contributed by atoms with Crippen LogP contribution in [0.25, 0.3) is 0 Å². The lowest BCUT2D eigenvalue weighted by Crippen LogP contribution is -1.93. The van der Waals surface area contributed by atoms with Crippen LogP contribution in [0.15, 0.2) is 20.7 Å². The van der Waals surface area contributed by atoms with E-state index in [1.807, 2.05) is 32.2 Å². The average molecular weight is 261 g/mol. The van der Waals surface area contributed by atoms with Gasteiger partial charge in [-0.2, -0.15) is 5.26 Å². The largest absolute Gasteiger partial charge is 0.257 e. The molecule has 0 aliphatic rings. The summed E-state index contributed by atoms with van der Waals surface area (Å²) in [5.74, 6) is 0. The Hall–Kier alpha value is -1.38. The monoisotopic (exact) mass is 261 g/mol. The lowest BCUT2D eigenvalue weighted by atomic mass is 10.2. The lowest BCUT2D eigenvalue weighted by molar-refractivity contribution is 1.06. The van der Waals surface area contributed by atoms with E-state index in [4.69, 9.17) is 5.26 Å². The number of hydrogen-bond donors (Lipinski definition) is 0. The molecule has 0 fully saturated rings. The molecule has 2 rings (SSSR count). The molecule has 0 saturated carbocycles.